The van der Waals surface area contributed by atoms with Gasteiger partial charge in [0.15, 0.2) is 48.9 Å². The highest BCUT2D eigenvalue weighted by atomic mass is 32.5. The second-order valence-corrected chi connectivity index (χ2v) is 26.1. The van der Waals surface area contributed by atoms with Crippen molar-refractivity contribution >= 4 is 74.7 Å². The van der Waals surface area contributed by atoms with Gasteiger partial charge in [0.1, 0.15) is 24.6 Å². The minimum absolute atomic E-state index is 0.0190. The van der Waals surface area contributed by atoms with Crippen molar-refractivity contribution in [2.45, 2.75) is 88.2 Å². The molecule has 4 aliphatic rings. The SMILES string of the molecule is CC(C)(C)[Si](C)(C)O[C@H]1[C@H](n2cnc3c(=O)[nH]c(N)nc32)[C@H]2C[C@@]23COP(O)(=S)O[C@H]2[C@@H](F)[C@H](n4cnc5c(NC(=O)c6ccccc6)ncnc54)O[C@@H]2COP(=O)(O)O[C@@H]13. The van der Waals surface area contributed by atoms with Crippen molar-refractivity contribution in [3.63, 3.8) is 0 Å². The second kappa shape index (κ2) is 14.8. The first-order valence-corrected chi connectivity index (χ1v) is 26.2. The summed E-state index contributed by atoms with van der Waals surface area (Å²) in [5.74, 6) is -0.988. The summed E-state index contributed by atoms with van der Waals surface area (Å²) in [7, 11) is -7.77. The Morgan fingerprint density at radius 1 is 1.08 bits per heavy atom. The van der Waals surface area contributed by atoms with E-state index in [9.17, 15) is 23.9 Å². The Hall–Kier alpha value is -3.90. The van der Waals surface area contributed by atoms with Gasteiger partial charge < -0.3 is 39.1 Å². The molecule has 1 aromatic carbocycles. The largest absolute Gasteiger partial charge is 0.472 e. The lowest BCUT2D eigenvalue weighted by Crippen LogP contribution is -2.50. The fraction of sp³-hybridized carbons (Fsp3) is 0.514. The molecule has 0 bridgehead atoms. The summed E-state index contributed by atoms with van der Waals surface area (Å²) in [5.41, 5.74) is 5.00. The number of phosphoric acid groups is 1. The van der Waals surface area contributed by atoms with Gasteiger partial charge in [0.2, 0.25) is 5.95 Å². The minimum Gasteiger partial charge on any atom is -0.409 e. The Labute approximate surface area is 352 Å². The average molecular weight is 921 g/mol. The molecule has 1 amide bonds. The van der Waals surface area contributed by atoms with Crippen LogP contribution >= 0.6 is 14.5 Å². The smallest absolute Gasteiger partial charge is 0.409 e. The number of hydrogen-bond donors (Lipinski definition) is 5. The lowest BCUT2D eigenvalue weighted by atomic mass is 10.0. The monoisotopic (exact) mass is 920 g/mol. The van der Waals surface area contributed by atoms with Crippen LogP contribution in [0.3, 0.4) is 0 Å². The zero-order valence-corrected chi connectivity index (χ0v) is 36.9. The van der Waals surface area contributed by atoms with Crippen molar-refractivity contribution in [1.82, 2.24) is 39.0 Å². The summed E-state index contributed by atoms with van der Waals surface area (Å²) >= 11 is 5.49. The van der Waals surface area contributed by atoms with E-state index < -0.39 is 95.1 Å². The molecule has 1 spiro atoms. The number of nitrogens with one attached hydrogen (secondary N) is 2. The van der Waals surface area contributed by atoms with E-state index in [1.165, 1.54) is 17.2 Å². The number of carbonyl (C=O) groups excluding carboxylic acids is 1. The van der Waals surface area contributed by atoms with E-state index >= 15 is 4.39 Å². The third-order valence-corrected chi connectivity index (χ3v) is 19.4. The number of aromatic amines is 1. The number of ether oxygens (including phenoxy) is 1. The molecule has 2 saturated carbocycles. The number of halogens is 1. The van der Waals surface area contributed by atoms with Crippen LogP contribution in [-0.2, 0) is 43.6 Å². The molecule has 0 radical (unpaired) electrons. The number of anilines is 2. The summed E-state index contributed by atoms with van der Waals surface area (Å²) in [6, 6.07) is 7.72. The Kier molecular flexibility index (Phi) is 10.3. The zero-order chi connectivity index (χ0) is 43.4. The standard InChI is InChI=1S/C35H43FN10O11P2SSi/c1-34(2,3)61(4,5)57-25-23(45-15-41-22-29(45)43-33(37)44-31(22)48)18-11-35(18)13-53-59(51,60)55-24-19(12-52-58(49,50)56-26(25)35)54-32(20(24)36)46-16-40-21-27(38-14-39-28(21)46)42-30(47)17-9-7-6-8-10-17/h6-10,14-16,18-20,23-26,32H,11-13H2,1-5H3,(H,49,50)(H,51,60)(H3,37,43,44,48)(H,38,39,42,47)/t18-,19-,20-,23-,24-,25+,26+,32-,35-,59?/m1/s1. The van der Waals surface area contributed by atoms with Crippen molar-refractivity contribution < 1.29 is 50.8 Å². The highest BCUT2D eigenvalue weighted by Gasteiger charge is 2.75. The zero-order valence-electron chi connectivity index (χ0n) is 33.3. The molecular weight excluding hydrogens is 878 g/mol. The van der Waals surface area contributed by atoms with Crippen LogP contribution in [0.4, 0.5) is 16.2 Å². The van der Waals surface area contributed by atoms with Gasteiger partial charge in [-0.2, -0.15) is 4.98 Å². The molecular formula is C35H43FN10O11P2SSi. The summed E-state index contributed by atoms with van der Waals surface area (Å²) in [4.78, 5) is 72.6. The number of rotatable bonds is 6. The molecule has 2 aliphatic heterocycles. The number of nitrogens with zero attached hydrogens (tertiary/aromatic N) is 7. The second-order valence-electron chi connectivity index (χ2n) is 17.1. The molecule has 326 valence electrons. The quantitative estimate of drug-likeness (QED) is 0.118. The van der Waals surface area contributed by atoms with Gasteiger partial charge in [0, 0.05) is 11.0 Å². The number of hydrogen-bond acceptors (Lipinski definition) is 16. The Balaban J connectivity index is 1.03. The lowest BCUT2D eigenvalue weighted by Gasteiger charge is -2.43. The third-order valence-electron chi connectivity index (χ3n) is 12.4. The van der Waals surface area contributed by atoms with Gasteiger partial charge in [0.25, 0.3) is 11.5 Å². The van der Waals surface area contributed by atoms with E-state index in [4.69, 9.17) is 44.8 Å². The molecule has 2 aliphatic carbocycles. The maximum absolute atomic E-state index is 16.7. The number of nitrogen functional groups attached to an aromatic ring is 1. The first-order chi connectivity index (χ1) is 28.7. The lowest BCUT2D eigenvalue weighted by molar-refractivity contribution is -0.0618. The Morgan fingerprint density at radius 2 is 1.80 bits per heavy atom. The molecule has 9 rings (SSSR count). The van der Waals surface area contributed by atoms with Crippen LogP contribution in [0.2, 0.25) is 18.1 Å². The van der Waals surface area contributed by atoms with Gasteiger partial charge in [-0.25, -0.2) is 28.9 Å². The van der Waals surface area contributed by atoms with Crippen LogP contribution in [0, 0.1) is 11.3 Å². The summed E-state index contributed by atoms with van der Waals surface area (Å²) in [5, 5.41) is 2.35. The summed E-state index contributed by atoms with van der Waals surface area (Å²) in [6.45, 7) is 4.68. The fourth-order valence-corrected chi connectivity index (χ4v) is 12.0. The van der Waals surface area contributed by atoms with Crippen molar-refractivity contribution in [1.29, 1.82) is 0 Å². The number of alkyl halides is 1. The van der Waals surface area contributed by atoms with Crippen LogP contribution in [0.15, 0.2) is 54.1 Å². The van der Waals surface area contributed by atoms with E-state index in [2.05, 4.69) is 35.2 Å². The van der Waals surface area contributed by atoms with E-state index in [-0.39, 0.29) is 45.7 Å². The first kappa shape index (κ1) is 42.4. The highest BCUT2D eigenvalue weighted by molar-refractivity contribution is 8.07. The van der Waals surface area contributed by atoms with Crippen molar-refractivity contribution in [3.05, 3.63) is 65.2 Å². The van der Waals surface area contributed by atoms with Gasteiger partial charge in [-0.3, -0.25) is 32.7 Å². The van der Waals surface area contributed by atoms with Crippen LogP contribution < -0.4 is 16.6 Å². The third kappa shape index (κ3) is 7.48. The number of H-pyrrole nitrogens is 1. The van der Waals surface area contributed by atoms with Crippen LogP contribution in [-0.4, -0.2) is 107 Å². The van der Waals surface area contributed by atoms with Crippen LogP contribution in [0.5, 0.6) is 0 Å². The van der Waals surface area contributed by atoms with Crippen molar-refractivity contribution in [2.24, 2.45) is 11.3 Å². The Bertz CT molecular complexity index is 2700. The number of benzene rings is 1. The predicted octanol–water partition coefficient (Wildman–Crippen LogP) is 4.12. The van der Waals surface area contributed by atoms with Gasteiger partial charge >= 0.3 is 14.5 Å². The van der Waals surface area contributed by atoms with Gasteiger partial charge in [-0.05, 0) is 54.4 Å². The maximum atomic E-state index is 16.7. The number of imidazole rings is 2. The number of carbonyl (C=O) groups is 1. The molecule has 11 atom stereocenters. The van der Waals surface area contributed by atoms with Gasteiger partial charge in [-0.1, -0.05) is 39.0 Å². The molecule has 26 heteroatoms. The number of aromatic nitrogens is 8. The highest BCUT2D eigenvalue weighted by Crippen LogP contribution is 2.73. The first-order valence-electron chi connectivity index (χ1n) is 19.2. The molecule has 2 saturated heterocycles. The Morgan fingerprint density at radius 3 is 2.54 bits per heavy atom. The predicted molar refractivity (Wildman–Crippen MR) is 221 cm³/mol. The van der Waals surface area contributed by atoms with Gasteiger partial charge in [0.05, 0.1) is 38.0 Å². The molecule has 61 heavy (non-hydrogen) atoms. The molecule has 4 aromatic heterocycles. The summed E-state index contributed by atoms with van der Waals surface area (Å²) in [6.07, 6.45) is -4.82. The average Bonchev–Trinajstić information content (AvgIpc) is 3.44. The van der Waals surface area contributed by atoms with Gasteiger partial charge in [-0.15, -0.1) is 0 Å². The topological polar surface area (TPSA) is 275 Å². The van der Waals surface area contributed by atoms with E-state index in [0.29, 0.717) is 12.0 Å². The molecule has 2 unspecified atom stereocenters. The number of amides is 1. The van der Waals surface area contributed by atoms with Crippen LogP contribution in [0.1, 0.15) is 49.8 Å². The molecule has 6 heterocycles. The van der Waals surface area contributed by atoms with Crippen molar-refractivity contribution in [2.75, 3.05) is 24.3 Å². The van der Waals surface area contributed by atoms with E-state index in [1.54, 1.807) is 34.9 Å². The number of nitrogens with two attached hydrogens (primary N) is 1. The molecule has 21 nitrogen and oxygen atoms in total. The van der Waals surface area contributed by atoms with E-state index in [0.717, 1.165) is 6.33 Å². The molecule has 4 fully saturated rings. The van der Waals surface area contributed by atoms with E-state index in [1.807, 2.05) is 33.9 Å². The number of phosphoric ester groups is 1. The maximum Gasteiger partial charge on any atom is 0.472 e. The normalized spacial score (nSPS) is 34.3. The fourth-order valence-electron chi connectivity index (χ4n) is 8.25. The molecule has 5 aromatic rings. The number of fused-ring (bicyclic) bond motifs is 3. The summed E-state index contributed by atoms with van der Waals surface area (Å²) < 4.78 is 70.4. The van der Waals surface area contributed by atoms with Crippen molar-refractivity contribution in [3.8, 4) is 0 Å². The van der Waals surface area contributed by atoms with Crippen LogP contribution in [0.25, 0.3) is 22.3 Å². The molecule has 6 N–H and O–H groups in total. The minimum atomic E-state index is -5.05.